The van der Waals surface area contributed by atoms with Crippen LogP contribution in [0.4, 0.5) is 5.69 Å². The Hall–Kier alpha value is -4.14. The van der Waals surface area contributed by atoms with Crippen LogP contribution in [0.5, 0.6) is 5.75 Å². The summed E-state index contributed by atoms with van der Waals surface area (Å²) in [4.78, 5) is 29.2. The summed E-state index contributed by atoms with van der Waals surface area (Å²) < 4.78 is 10.00. The highest BCUT2D eigenvalue weighted by Crippen LogP contribution is 2.41. The molecule has 4 aromatic rings. The molecule has 0 bridgehead atoms. The van der Waals surface area contributed by atoms with Gasteiger partial charge in [-0.25, -0.2) is 4.68 Å². The van der Waals surface area contributed by atoms with Crippen molar-refractivity contribution >= 4 is 46.0 Å². The highest BCUT2D eigenvalue weighted by molar-refractivity contribution is 8.27. The number of para-hydroxylation sites is 2. The maximum Gasteiger partial charge on any atom is 0.296 e. The van der Waals surface area contributed by atoms with Gasteiger partial charge in [-0.05, 0) is 48.4 Å². The number of thiocarbonyl (C=S) groups is 1. The van der Waals surface area contributed by atoms with E-state index < -0.39 is 0 Å². The van der Waals surface area contributed by atoms with Crippen LogP contribution in [0, 0.1) is 6.92 Å². The molecule has 0 N–H and O–H groups in total. The maximum absolute atomic E-state index is 13.8. The van der Waals surface area contributed by atoms with Gasteiger partial charge >= 0.3 is 0 Å². The fourth-order valence-electron chi connectivity index (χ4n) is 4.79. The van der Waals surface area contributed by atoms with Crippen molar-refractivity contribution in [3.05, 3.63) is 129 Å². The summed E-state index contributed by atoms with van der Waals surface area (Å²) in [6, 6.07) is 27.0. The first-order valence-electron chi connectivity index (χ1n) is 12.1. The van der Waals surface area contributed by atoms with Crippen LogP contribution in [0.3, 0.4) is 0 Å². The van der Waals surface area contributed by atoms with E-state index in [0.717, 1.165) is 22.4 Å². The fraction of sp³-hybridized carbons (Fsp3) is 0.100. The van der Waals surface area contributed by atoms with Crippen LogP contribution < -0.4 is 15.2 Å². The lowest BCUT2D eigenvalue weighted by Crippen LogP contribution is -2.33. The van der Waals surface area contributed by atoms with Gasteiger partial charge in [0.25, 0.3) is 11.5 Å². The quantitative estimate of drug-likeness (QED) is 0.238. The first-order chi connectivity index (χ1) is 18.4. The topological polar surface area (TPSA) is 56.5 Å². The van der Waals surface area contributed by atoms with Crippen molar-refractivity contribution in [1.82, 2.24) is 9.36 Å². The summed E-state index contributed by atoms with van der Waals surface area (Å²) in [5.74, 6) is 0.463. The molecule has 3 aromatic carbocycles. The Bertz CT molecular complexity index is 1700. The molecule has 1 atom stereocenters. The Morgan fingerprint density at radius 3 is 2.32 bits per heavy atom. The second-order valence-corrected chi connectivity index (χ2v) is 10.7. The number of hydrogen-bond donors (Lipinski definition) is 0. The van der Waals surface area contributed by atoms with Gasteiger partial charge in [0.2, 0.25) is 0 Å². The summed E-state index contributed by atoms with van der Waals surface area (Å²) in [5, 5.41) is 0. The van der Waals surface area contributed by atoms with Crippen molar-refractivity contribution in [2.45, 2.75) is 13.0 Å². The Morgan fingerprint density at radius 1 is 0.921 bits per heavy atom. The maximum atomic E-state index is 13.8. The average molecular weight is 538 g/mol. The number of nitrogens with zero attached hydrogens (tertiary/aromatic N) is 3. The van der Waals surface area contributed by atoms with Gasteiger partial charge in [0.15, 0.2) is 4.32 Å². The minimum absolute atomic E-state index is 0.265. The van der Waals surface area contributed by atoms with Gasteiger partial charge in [0.05, 0.1) is 16.3 Å². The van der Waals surface area contributed by atoms with Crippen molar-refractivity contribution in [3.8, 4) is 11.4 Å². The minimum atomic E-state index is -0.386. The smallest absolute Gasteiger partial charge is 0.296 e. The van der Waals surface area contributed by atoms with Crippen LogP contribution in [-0.2, 0) is 11.8 Å². The molecule has 0 radical (unpaired) electrons. The molecule has 1 amide bonds. The van der Waals surface area contributed by atoms with Gasteiger partial charge in [-0.1, -0.05) is 90.7 Å². The molecule has 1 aromatic heterocycles. The van der Waals surface area contributed by atoms with Crippen molar-refractivity contribution in [1.29, 1.82) is 0 Å². The molecule has 2 aliphatic heterocycles. The third kappa shape index (κ3) is 4.02. The van der Waals surface area contributed by atoms with Gasteiger partial charge in [-0.15, -0.1) is 0 Å². The first kappa shape index (κ1) is 24.2. The van der Waals surface area contributed by atoms with Crippen LogP contribution in [0.2, 0.25) is 0 Å². The normalized spacial score (nSPS) is 17.9. The molecule has 1 fully saturated rings. The van der Waals surface area contributed by atoms with Crippen molar-refractivity contribution in [2.75, 3.05) is 4.90 Å². The predicted octanol–water partition coefficient (Wildman–Crippen LogP) is 5.95. The van der Waals surface area contributed by atoms with E-state index in [1.165, 1.54) is 16.7 Å². The Kier molecular flexibility index (Phi) is 6.13. The molecule has 0 saturated carbocycles. The number of carbonyl (C=O) groups is 1. The van der Waals surface area contributed by atoms with E-state index in [0.29, 0.717) is 20.6 Å². The zero-order valence-electron chi connectivity index (χ0n) is 20.7. The van der Waals surface area contributed by atoms with Gasteiger partial charge in [0, 0.05) is 12.6 Å². The standard InChI is InChI=1S/C30H23N3O3S2/c1-19-26(29(35)33(31(19)2)23-14-7-4-8-15-23)32-28(34)25(38-30(32)37)18-22-17-21-13-9-10-16-24(21)36-27(22)20-11-5-3-6-12-20/h3-18,27H,1-2H3. The summed E-state index contributed by atoms with van der Waals surface area (Å²) in [5.41, 5.74) is 4.07. The van der Waals surface area contributed by atoms with Gasteiger partial charge in [-0.3, -0.25) is 19.2 Å². The molecular weight excluding hydrogens is 514 g/mol. The number of amides is 1. The number of anilines is 1. The number of hydrogen-bond acceptors (Lipinski definition) is 5. The SMILES string of the molecule is Cc1c(N2C(=O)C(=CC3=Cc4ccccc4OC3c3ccccc3)SC2=S)c(=O)n(-c2ccccc2)n1C. The first-order valence-corrected chi connectivity index (χ1v) is 13.3. The molecule has 0 aliphatic carbocycles. The lowest BCUT2D eigenvalue weighted by atomic mass is 9.95. The molecule has 6 nitrogen and oxygen atoms in total. The number of benzene rings is 3. The van der Waals surface area contributed by atoms with E-state index in [1.54, 1.807) is 16.4 Å². The highest BCUT2D eigenvalue weighted by Gasteiger charge is 2.38. The van der Waals surface area contributed by atoms with E-state index in [-0.39, 0.29) is 23.3 Å². The number of fused-ring (bicyclic) bond motifs is 1. The Labute approximate surface area is 229 Å². The largest absolute Gasteiger partial charge is 0.480 e. The monoisotopic (exact) mass is 537 g/mol. The molecule has 1 saturated heterocycles. The lowest BCUT2D eigenvalue weighted by molar-refractivity contribution is -0.113. The second-order valence-electron chi connectivity index (χ2n) is 9.02. The lowest BCUT2D eigenvalue weighted by Gasteiger charge is -2.26. The van der Waals surface area contributed by atoms with Crippen molar-refractivity contribution in [3.63, 3.8) is 0 Å². The summed E-state index contributed by atoms with van der Waals surface area (Å²) in [7, 11) is 1.80. The molecule has 6 rings (SSSR count). The summed E-state index contributed by atoms with van der Waals surface area (Å²) in [6.45, 7) is 1.82. The van der Waals surface area contributed by atoms with E-state index >= 15 is 0 Å². The molecule has 3 heterocycles. The van der Waals surface area contributed by atoms with E-state index in [1.807, 2.05) is 104 Å². The number of carbonyl (C=O) groups excluding carboxylic acids is 1. The number of thioether (sulfide) groups is 1. The highest BCUT2D eigenvalue weighted by atomic mass is 32.2. The summed E-state index contributed by atoms with van der Waals surface area (Å²) >= 11 is 6.83. The van der Waals surface area contributed by atoms with Crippen molar-refractivity contribution in [2.24, 2.45) is 7.05 Å². The van der Waals surface area contributed by atoms with Crippen molar-refractivity contribution < 1.29 is 9.53 Å². The molecule has 1 unspecified atom stereocenters. The van der Waals surface area contributed by atoms with Crippen LogP contribution in [0.15, 0.2) is 106 Å². The zero-order valence-corrected chi connectivity index (χ0v) is 22.3. The molecule has 188 valence electrons. The number of ether oxygens (including phenoxy) is 1. The molecule has 38 heavy (non-hydrogen) atoms. The van der Waals surface area contributed by atoms with Gasteiger partial charge in [-0.2, -0.15) is 0 Å². The van der Waals surface area contributed by atoms with Gasteiger partial charge in [0.1, 0.15) is 17.5 Å². The van der Waals surface area contributed by atoms with Crippen LogP contribution in [0.1, 0.15) is 22.9 Å². The van der Waals surface area contributed by atoms with E-state index in [9.17, 15) is 9.59 Å². The predicted molar refractivity (Wildman–Crippen MR) is 156 cm³/mol. The molecule has 0 spiro atoms. The molecule has 8 heteroatoms. The van der Waals surface area contributed by atoms with E-state index in [4.69, 9.17) is 17.0 Å². The van der Waals surface area contributed by atoms with E-state index in [2.05, 4.69) is 0 Å². The number of rotatable bonds is 4. The Morgan fingerprint density at radius 2 is 1.58 bits per heavy atom. The fourth-order valence-corrected chi connectivity index (χ4v) is 6.06. The second kappa shape index (κ2) is 9.63. The third-order valence-electron chi connectivity index (χ3n) is 6.73. The van der Waals surface area contributed by atoms with Crippen LogP contribution in [0.25, 0.3) is 11.8 Å². The average Bonchev–Trinajstić information content (AvgIpc) is 3.33. The zero-order chi connectivity index (χ0) is 26.4. The van der Waals surface area contributed by atoms with Crippen LogP contribution in [-0.4, -0.2) is 19.6 Å². The van der Waals surface area contributed by atoms with Gasteiger partial charge < -0.3 is 4.74 Å². The minimum Gasteiger partial charge on any atom is -0.480 e. The molecule has 2 aliphatic rings. The third-order valence-corrected chi connectivity index (χ3v) is 8.03. The number of aromatic nitrogens is 2. The molecular formula is C30H23N3O3S2. The summed E-state index contributed by atoms with van der Waals surface area (Å²) in [6.07, 6.45) is 3.49. The van der Waals surface area contributed by atoms with Crippen LogP contribution >= 0.6 is 24.0 Å². The Balaban J connectivity index is 1.42.